The highest BCUT2D eigenvalue weighted by atomic mass is 32.1. The van der Waals surface area contributed by atoms with Gasteiger partial charge in [-0.05, 0) is 132 Å². The van der Waals surface area contributed by atoms with E-state index >= 15 is 0 Å². The molecule has 3 aliphatic carbocycles. The van der Waals surface area contributed by atoms with Crippen molar-refractivity contribution >= 4 is 59.3 Å². The van der Waals surface area contributed by atoms with E-state index in [1.165, 1.54) is 97.7 Å². The van der Waals surface area contributed by atoms with Crippen LogP contribution in [0.1, 0.15) is 22.3 Å². The van der Waals surface area contributed by atoms with E-state index in [9.17, 15) is 0 Å². The average molecular weight is 714 g/mol. The van der Waals surface area contributed by atoms with Gasteiger partial charge in [0.2, 0.25) is 0 Å². The molecule has 0 fully saturated rings. The number of thiophene rings is 1. The minimum absolute atomic E-state index is 0.484. The van der Waals surface area contributed by atoms with Crippen molar-refractivity contribution in [1.82, 2.24) is 0 Å². The fourth-order valence-corrected chi connectivity index (χ4v) is 11.6. The number of hydrogen-bond donors (Lipinski definition) is 0. The van der Waals surface area contributed by atoms with Gasteiger partial charge >= 0.3 is 0 Å². The molecule has 1 unspecified atom stereocenters. The first kappa shape index (κ1) is 29.7. The Kier molecular flexibility index (Phi) is 5.77. The molecule has 0 saturated heterocycles. The number of para-hydroxylation sites is 1. The lowest BCUT2D eigenvalue weighted by molar-refractivity contribution is 0.794. The van der Waals surface area contributed by atoms with Crippen molar-refractivity contribution in [2.75, 3.05) is 4.90 Å². The van der Waals surface area contributed by atoms with E-state index in [1.807, 2.05) is 11.3 Å². The molecule has 0 bridgehead atoms. The minimum Gasteiger partial charge on any atom is -0.310 e. The predicted octanol–water partition coefficient (Wildman–Crippen LogP) is 14.7. The second-order valence-electron chi connectivity index (χ2n) is 15.1. The molecule has 1 spiro atoms. The lowest BCUT2D eigenvalue weighted by Crippen LogP contribution is -2.26. The first-order valence-corrected chi connectivity index (χ1v) is 19.9. The van der Waals surface area contributed by atoms with Crippen LogP contribution >= 0.6 is 11.3 Å². The lowest BCUT2D eigenvalue weighted by atomic mass is 9.70. The number of hydrogen-bond acceptors (Lipinski definition) is 2. The number of anilines is 3. The van der Waals surface area contributed by atoms with Crippen LogP contribution in [0, 0.1) is 0 Å². The summed E-state index contributed by atoms with van der Waals surface area (Å²) in [4.78, 5) is 2.45. The van der Waals surface area contributed by atoms with Crippen molar-refractivity contribution < 1.29 is 0 Å². The van der Waals surface area contributed by atoms with Gasteiger partial charge in [-0.1, -0.05) is 133 Å². The van der Waals surface area contributed by atoms with Crippen molar-refractivity contribution in [1.29, 1.82) is 0 Å². The van der Waals surface area contributed by atoms with Crippen LogP contribution in [-0.2, 0) is 5.41 Å². The number of nitrogens with zero attached hydrogens (tertiary/aromatic N) is 1. The molecule has 9 aromatic carbocycles. The van der Waals surface area contributed by atoms with Gasteiger partial charge in [0.05, 0.1) is 5.41 Å². The van der Waals surface area contributed by atoms with Crippen LogP contribution in [0.2, 0.25) is 0 Å². The Morgan fingerprint density at radius 2 is 0.927 bits per heavy atom. The van der Waals surface area contributed by atoms with Crippen LogP contribution in [-0.4, -0.2) is 0 Å². The van der Waals surface area contributed by atoms with Crippen LogP contribution in [0.3, 0.4) is 0 Å². The third kappa shape index (κ3) is 3.72. The van der Waals surface area contributed by atoms with Gasteiger partial charge in [0, 0.05) is 37.2 Å². The van der Waals surface area contributed by atoms with Crippen LogP contribution in [0.15, 0.2) is 188 Å². The molecule has 0 saturated carbocycles. The molecule has 0 amide bonds. The summed E-state index contributed by atoms with van der Waals surface area (Å²) in [5, 5.41) is 5.33. The highest BCUT2D eigenvalue weighted by Gasteiger charge is 2.52. The molecule has 1 aromatic heterocycles. The SMILES string of the molecule is c1ccc(N(c2ccc3c(c2)C2(c4ccccc4-3)c3ccccc3-c3c2cc2c4c(cccc34)-c3ccccc3-2)c2ccc3sc4ccccc4c3c2)cc1. The van der Waals surface area contributed by atoms with E-state index in [0.29, 0.717) is 0 Å². The maximum Gasteiger partial charge on any atom is 0.0726 e. The van der Waals surface area contributed by atoms with E-state index in [0.717, 1.165) is 17.1 Å². The maximum atomic E-state index is 2.57. The van der Waals surface area contributed by atoms with E-state index in [-0.39, 0.29) is 0 Å². The molecule has 1 heterocycles. The molecule has 0 radical (unpaired) electrons. The maximum absolute atomic E-state index is 2.57. The second-order valence-corrected chi connectivity index (χ2v) is 16.2. The number of fused-ring (bicyclic) bond motifs is 17. The highest BCUT2D eigenvalue weighted by Crippen LogP contribution is 2.66. The number of rotatable bonds is 3. The third-order valence-corrected chi connectivity index (χ3v) is 13.7. The van der Waals surface area contributed by atoms with E-state index in [1.54, 1.807) is 0 Å². The fourth-order valence-electron chi connectivity index (χ4n) is 10.5. The Balaban J connectivity index is 1.12. The topological polar surface area (TPSA) is 3.24 Å². The Bertz CT molecular complexity index is 3280. The minimum atomic E-state index is -0.484. The van der Waals surface area contributed by atoms with Gasteiger partial charge in [-0.15, -0.1) is 11.3 Å². The van der Waals surface area contributed by atoms with Crippen LogP contribution in [0.4, 0.5) is 17.1 Å². The monoisotopic (exact) mass is 713 g/mol. The number of benzene rings is 9. The zero-order valence-electron chi connectivity index (χ0n) is 29.8. The van der Waals surface area contributed by atoms with Gasteiger partial charge in [0.1, 0.15) is 0 Å². The molecule has 0 N–H and O–H groups in total. The molecular weight excluding hydrogens is 683 g/mol. The third-order valence-electron chi connectivity index (χ3n) is 12.6. The summed E-state index contributed by atoms with van der Waals surface area (Å²) < 4.78 is 2.63. The van der Waals surface area contributed by atoms with Crippen molar-refractivity contribution in [2.24, 2.45) is 0 Å². The van der Waals surface area contributed by atoms with Crippen LogP contribution in [0.25, 0.3) is 75.5 Å². The Hall–Kier alpha value is -6.74. The Labute approximate surface area is 323 Å². The molecule has 55 heavy (non-hydrogen) atoms. The van der Waals surface area contributed by atoms with Gasteiger partial charge in [0.25, 0.3) is 0 Å². The zero-order chi connectivity index (χ0) is 35.8. The smallest absolute Gasteiger partial charge is 0.0726 e. The van der Waals surface area contributed by atoms with Crippen LogP contribution in [0.5, 0.6) is 0 Å². The summed E-state index contributed by atoms with van der Waals surface area (Å²) in [6.45, 7) is 0. The summed E-state index contributed by atoms with van der Waals surface area (Å²) in [7, 11) is 0. The summed E-state index contributed by atoms with van der Waals surface area (Å²) in [5.41, 5.74) is 19.1. The summed E-state index contributed by atoms with van der Waals surface area (Å²) in [6.07, 6.45) is 0. The summed E-state index contributed by atoms with van der Waals surface area (Å²) in [5.74, 6) is 0. The predicted molar refractivity (Wildman–Crippen MR) is 232 cm³/mol. The molecule has 2 heteroatoms. The van der Waals surface area contributed by atoms with Gasteiger partial charge < -0.3 is 4.90 Å². The standard InChI is InChI=1S/C53H31NS/c1-2-13-32(14-3-1)54(33-26-28-50-43(29-33)39-18-8-11-24-49(39)55-50)34-25-27-38-37-17-6-9-22-45(37)53(47(38)30-34)46-23-10-7-19-41(46)52-42-21-12-20-40-35-15-4-5-16-36(35)44(51(40)42)31-48(52)53/h1-31H. The molecule has 254 valence electrons. The van der Waals surface area contributed by atoms with Crippen molar-refractivity contribution in [3.8, 4) is 44.5 Å². The van der Waals surface area contributed by atoms with E-state index < -0.39 is 5.41 Å². The second kappa shape index (κ2) is 10.7. The highest BCUT2D eigenvalue weighted by molar-refractivity contribution is 7.25. The lowest BCUT2D eigenvalue weighted by Gasteiger charge is -2.32. The van der Waals surface area contributed by atoms with E-state index in [4.69, 9.17) is 0 Å². The normalized spacial score (nSPS) is 15.3. The zero-order valence-corrected chi connectivity index (χ0v) is 30.6. The summed E-state index contributed by atoms with van der Waals surface area (Å²) >= 11 is 1.87. The molecule has 3 aliphatic rings. The quantitative estimate of drug-likeness (QED) is 0.176. The molecule has 10 aromatic rings. The molecule has 1 atom stereocenters. The summed E-state index contributed by atoms with van der Waals surface area (Å²) in [6, 6.07) is 70.7. The largest absolute Gasteiger partial charge is 0.310 e. The van der Waals surface area contributed by atoms with Gasteiger partial charge in [0.15, 0.2) is 0 Å². The van der Waals surface area contributed by atoms with Gasteiger partial charge in [-0.25, -0.2) is 0 Å². The first-order valence-electron chi connectivity index (χ1n) is 19.1. The molecular formula is C53H31NS. The Morgan fingerprint density at radius 1 is 0.327 bits per heavy atom. The first-order chi connectivity index (χ1) is 27.3. The van der Waals surface area contributed by atoms with E-state index in [2.05, 4.69) is 193 Å². The van der Waals surface area contributed by atoms with Crippen molar-refractivity contribution in [3.05, 3.63) is 210 Å². The van der Waals surface area contributed by atoms with Crippen molar-refractivity contribution in [3.63, 3.8) is 0 Å². The average Bonchev–Trinajstić information content (AvgIpc) is 3.96. The van der Waals surface area contributed by atoms with Gasteiger partial charge in [-0.2, -0.15) is 0 Å². The molecule has 0 aliphatic heterocycles. The fraction of sp³-hybridized carbons (Fsp3) is 0.0189. The van der Waals surface area contributed by atoms with Gasteiger partial charge in [-0.3, -0.25) is 0 Å². The van der Waals surface area contributed by atoms with Crippen LogP contribution < -0.4 is 4.90 Å². The van der Waals surface area contributed by atoms with Crippen molar-refractivity contribution in [2.45, 2.75) is 5.41 Å². The molecule has 1 nitrogen and oxygen atoms in total. The Morgan fingerprint density at radius 3 is 1.78 bits per heavy atom. The molecule has 13 rings (SSSR count).